The first-order valence-electron chi connectivity index (χ1n) is 8.69. The summed E-state index contributed by atoms with van der Waals surface area (Å²) in [6.45, 7) is 3.75. The molecule has 0 amide bonds. The average Bonchev–Trinajstić information content (AvgIpc) is 3.34. The lowest BCUT2D eigenvalue weighted by Crippen LogP contribution is -2.39. The molecule has 0 saturated carbocycles. The van der Waals surface area contributed by atoms with E-state index in [0.717, 1.165) is 38.6 Å². The van der Waals surface area contributed by atoms with Crippen molar-refractivity contribution in [2.75, 3.05) is 38.6 Å². The van der Waals surface area contributed by atoms with Gasteiger partial charge in [0.1, 0.15) is 0 Å². The number of anilines is 1. The summed E-state index contributed by atoms with van der Waals surface area (Å²) in [4.78, 5) is 10.4. The summed E-state index contributed by atoms with van der Waals surface area (Å²) in [6, 6.07) is 13.0. The summed E-state index contributed by atoms with van der Waals surface area (Å²) in [7, 11) is 3.94. The second-order valence-corrected chi connectivity index (χ2v) is 7.23. The summed E-state index contributed by atoms with van der Waals surface area (Å²) in [6.07, 6.45) is 5.48. The van der Waals surface area contributed by atoms with Crippen molar-refractivity contribution < 1.29 is 0 Å². The lowest BCUT2D eigenvalue weighted by molar-refractivity contribution is 0.486. The van der Waals surface area contributed by atoms with Crippen LogP contribution in [0.5, 0.6) is 0 Å². The van der Waals surface area contributed by atoms with Crippen molar-refractivity contribution in [3.8, 4) is 0 Å². The first kappa shape index (κ1) is 17.5. The Morgan fingerprint density at radius 1 is 1.24 bits per heavy atom. The first-order chi connectivity index (χ1) is 12.3. The second kappa shape index (κ2) is 8.72. The van der Waals surface area contributed by atoms with Crippen molar-refractivity contribution in [1.29, 1.82) is 0 Å². The highest BCUT2D eigenvalue weighted by Crippen LogP contribution is 2.18. The Morgan fingerprint density at radius 3 is 2.80 bits per heavy atom. The van der Waals surface area contributed by atoms with Gasteiger partial charge < -0.3 is 15.1 Å². The predicted octanol–water partition coefficient (Wildman–Crippen LogP) is 3.37. The molecule has 0 bridgehead atoms. The van der Waals surface area contributed by atoms with Crippen LogP contribution in [0.25, 0.3) is 0 Å². The van der Waals surface area contributed by atoms with Crippen molar-refractivity contribution in [2.24, 2.45) is 4.99 Å². The maximum absolute atomic E-state index is 4.42. The Balaban J connectivity index is 1.53. The van der Waals surface area contributed by atoms with Crippen molar-refractivity contribution in [1.82, 2.24) is 10.2 Å². The molecule has 0 aliphatic carbocycles. The summed E-state index contributed by atoms with van der Waals surface area (Å²) in [5.41, 5.74) is 2.56. The largest absolute Gasteiger partial charge is 0.364 e. The van der Waals surface area contributed by atoms with Gasteiger partial charge in [-0.05, 0) is 35.6 Å². The number of nitrogens with zero attached hydrogens (tertiary/aromatic N) is 3. The monoisotopic (exact) mass is 354 g/mol. The van der Waals surface area contributed by atoms with Crippen molar-refractivity contribution in [3.05, 3.63) is 64.4 Å². The summed E-state index contributed by atoms with van der Waals surface area (Å²) >= 11 is 1.81. The lowest BCUT2D eigenvalue weighted by atomic mass is 10.2. The zero-order chi connectivity index (χ0) is 17.5. The molecule has 0 atom stereocenters. The minimum atomic E-state index is 0.783. The van der Waals surface area contributed by atoms with E-state index in [0.29, 0.717) is 0 Å². The van der Waals surface area contributed by atoms with Crippen LogP contribution in [0.2, 0.25) is 0 Å². The van der Waals surface area contributed by atoms with Gasteiger partial charge in [0.05, 0.1) is 0 Å². The summed E-state index contributed by atoms with van der Waals surface area (Å²) < 4.78 is 0. The number of aliphatic imine (C=N–C) groups is 1. The van der Waals surface area contributed by atoms with Crippen LogP contribution in [0.3, 0.4) is 0 Å². The topological polar surface area (TPSA) is 30.9 Å². The molecule has 0 unspecified atom stereocenters. The Morgan fingerprint density at radius 2 is 2.08 bits per heavy atom. The molecular weight excluding hydrogens is 328 g/mol. The zero-order valence-electron chi connectivity index (χ0n) is 15.0. The van der Waals surface area contributed by atoms with Crippen LogP contribution >= 0.6 is 11.3 Å². The number of benzene rings is 1. The molecule has 1 aliphatic rings. The highest BCUT2D eigenvalue weighted by atomic mass is 32.1. The molecule has 25 heavy (non-hydrogen) atoms. The van der Waals surface area contributed by atoms with Crippen molar-refractivity contribution in [2.45, 2.75) is 13.0 Å². The third-order valence-electron chi connectivity index (χ3n) is 4.39. The van der Waals surface area contributed by atoms with Gasteiger partial charge in [-0.15, -0.1) is 11.3 Å². The molecule has 0 saturated heterocycles. The van der Waals surface area contributed by atoms with Gasteiger partial charge in [-0.25, -0.2) is 0 Å². The third kappa shape index (κ3) is 4.86. The molecule has 0 radical (unpaired) electrons. The fourth-order valence-corrected chi connectivity index (χ4v) is 3.65. The Bertz CT molecular complexity index is 713. The van der Waals surface area contributed by atoms with Gasteiger partial charge in [-0.3, -0.25) is 4.99 Å². The predicted molar refractivity (Wildman–Crippen MR) is 109 cm³/mol. The third-order valence-corrected chi connectivity index (χ3v) is 5.33. The maximum atomic E-state index is 4.42. The van der Waals surface area contributed by atoms with E-state index in [1.807, 2.05) is 18.4 Å². The first-order valence-corrected chi connectivity index (χ1v) is 9.57. The molecule has 2 heterocycles. The highest BCUT2D eigenvalue weighted by molar-refractivity contribution is 7.09. The van der Waals surface area contributed by atoms with Gasteiger partial charge in [-0.1, -0.05) is 30.4 Å². The number of thiophene rings is 1. The van der Waals surface area contributed by atoms with Gasteiger partial charge in [0.2, 0.25) is 0 Å². The number of hydrogen-bond acceptors (Lipinski definition) is 3. The number of guanidine groups is 1. The van der Waals surface area contributed by atoms with E-state index in [-0.39, 0.29) is 0 Å². The van der Waals surface area contributed by atoms with E-state index in [1.165, 1.54) is 16.1 Å². The second-order valence-electron chi connectivity index (χ2n) is 6.20. The van der Waals surface area contributed by atoms with Gasteiger partial charge in [-0.2, -0.15) is 0 Å². The molecule has 2 aromatic rings. The van der Waals surface area contributed by atoms with Crippen LogP contribution < -0.4 is 10.2 Å². The van der Waals surface area contributed by atoms with E-state index in [1.54, 1.807) is 0 Å². The molecule has 3 rings (SSSR count). The molecule has 1 aromatic carbocycles. The van der Waals surface area contributed by atoms with E-state index >= 15 is 0 Å². The van der Waals surface area contributed by atoms with Gasteiger partial charge >= 0.3 is 0 Å². The Labute approximate surface area is 154 Å². The van der Waals surface area contributed by atoms with Gasteiger partial charge in [0.15, 0.2) is 5.96 Å². The molecule has 4 nitrogen and oxygen atoms in total. The SMILES string of the molecule is CN=C(NCc1cccc(N2CC=CC2)c1)N(C)CCc1cccs1. The molecule has 1 aromatic heterocycles. The standard InChI is InChI=1S/C20H26N4S/c1-21-20(23(2)13-10-19-9-6-14-25-19)22-16-17-7-5-8-18(15-17)24-11-3-4-12-24/h3-9,14-15H,10-13,16H2,1-2H3,(H,21,22). The average molecular weight is 355 g/mol. The fourth-order valence-electron chi connectivity index (χ4n) is 2.96. The summed E-state index contributed by atoms with van der Waals surface area (Å²) in [5, 5.41) is 5.61. The van der Waals surface area contributed by atoms with Crippen LogP contribution in [-0.2, 0) is 13.0 Å². The number of hydrogen-bond donors (Lipinski definition) is 1. The summed E-state index contributed by atoms with van der Waals surface area (Å²) in [5.74, 6) is 0.935. The molecule has 1 N–H and O–H groups in total. The maximum Gasteiger partial charge on any atom is 0.193 e. The lowest BCUT2D eigenvalue weighted by Gasteiger charge is -2.22. The zero-order valence-corrected chi connectivity index (χ0v) is 15.8. The van der Waals surface area contributed by atoms with Crippen molar-refractivity contribution >= 4 is 23.0 Å². The van der Waals surface area contributed by atoms with E-state index < -0.39 is 0 Å². The van der Waals surface area contributed by atoms with E-state index in [2.05, 4.69) is 81.1 Å². The minimum Gasteiger partial charge on any atom is -0.364 e. The molecule has 0 spiro atoms. The normalized spacial score (nSPS) is 14.2. The smallest absolute Gasteiger partial charge is 0.193 e. The quantitative estimate of drug-likeness (QED) is 0.490. The van der Waals surface area contributed by atoms with Crippen LogP contribution in [0.15, 0.2) is 58.9 Å². The molecular formula is C20H26N4S. The Hall–Kier alpha value is -2.27. The van der Waals surface area contributed by atoms with Crippen molar-refractivity contribution in [3.63, 3.8) is 0 Å². The van der Waals surface area contributed by atoms with Crippen LogP contribution in [0, 0.1) is 0 Å². The van der Waals surface area contributed by atoms with E-state index in [9.17, 15) is 0 Å². The van der Waals surface area contributed by atoms with Gasteiger partial charge in [0.25, 0.3) is 0 Å². The molecule has 1 aliphatic heterocycles. The number of likely N-dealkylation sites (N-methyl/N-ethyl adjacent to an activating group) is 1. The molecule has 132 valence electrons. The minimum absolute atomic E-state index is 0.783. The van der Waals surface area contributed by atoms with Crippen LogP contribution in [-0.4, -0.2) is 44.6 Å². The Kier molecular flexibility index (Phi) is 6.12. The molecule has 5 heteroatoms. The van der Waals surface area contributed by atoms with E-state index in [4.69, 9.17) is 0 Å². The number of nitrogens with one attached hydrogen (secondary N) is 1. The highest BCUT2D eigenvalue weighted by Gasteiger charge is 2.09. The van der Waals surface area contributed by atoms with Crippen LogP contribution in [0.4, 0.5) is 5.69 Å². The van der Waals surface area contributed by atoms with Crippen LogP contribution in [0.1, 0.15) is 10.4 Å². The fraction of sp³-hybridized carbons (Fsp3) is 0.350. The van der Waals surface area contributed by atoms with Gasteiger partial charge in [0, 0.05) is 50.8 Å². The molecule has 0 fully saturated rings. The number of rotatable bonds is 6.